The first-order valence-electron chi connectivity index (χ1n) is 3.73. The van der Waals surface area contributed by atoms with E-state index in [1.807, 2.05) is 0 Å². The molecule has 0 atom stereocenters. The third-order valence-electron chi connectivity index (χ3n) is 0.787. The third-order valence-corrected chi connectivity index (χ3v) is 0.787. The van der Waals surface area contributed by atoms with Crippen LogP contribution in [0.25, 0.3) is 0 Å². The second kappa shape index (κ2) is 9.14. The van der Waals surface area contributed by atoms with Crippen molar-refractivity contribution in [2.24, 2.45) is 0 Å². The predicted octanol–water partition coefficient (Wildman–Crippen LogP) is 1.90. The maximum absolute atomic E-state index is 9.81. The fourth-order valence-electron chi connectivity index (χ4n) is 0.202. The van der Waals surface area contributed by atoms with Crippen LogP contribution in [0.5, 0.6) is 0 Å². The summed E-state index contributed by atoms with van der Waals surface area (Å²) in [5.74, 6) is -1.12. The molecule has 0 aliphatic carbocycles. The van der Waals surface area contributed by atoms with Crippen LogP contribution in [0.15, 0.2) is 0 Å². The van der Waals surface area contributed by atoms with E-state index in [4.69, 9.17) is 0 Å². The van der Waals surface area contributed by atoms with Crippen LogP contribution in [0.4, 0.5) is 0 Å². The van der Waals surface area contributed by atoms with Gasteiger partial charge in [-0.2, -0.15) is 0 Å². The van der Waals surface area contributed by atoms with Crippen LogP contribution in [0.2, 0.25) is 0 Å². The largest absolute Gasteiger partial charge is 0.394 e. The monoisotopic (exact) mass is 160 g/mol. The van der Waals surface area contributed by atoms with Gasteiger partial charge in [-0.1, -0.05) is 26.7 Å². The summed E-state index contributed by atoms with van der Waals surface area (Å²) in [5.41, 5.74) is 0. The molecule has 0 aromatic carbocycles. The number of hydrogen-bond acceptors (Lipinski definition) is 3. The molecule has 0 spiro atoms. The Morgan fingerprint density at radius 3 is 1.27 bits per heavy atom. The summed E-state index contributed by atoms with van der Waals surface area (Å²) >= 11 is 0. The second-order valence-corrected chi connectivity index (χ2v) is 2.09. The van der Waals surface area contributed by atoms with Crippen LogP contribution in [0, 0.1) is 0 Å². The molecule has 0 N–H and O–H groups in total. The van der Waals surface area contributed by atoms with E-state index < -0.39 is 11.9 Å². The Balaban J connectivity index is 0. The highest BCUT2D eigenvalue weighted by Crippen LogP contribution is 1.76. The molecule has 0 saturated carbocycles. The molecule has 3 heteroatoms. The molecule has 0 aromatic rings. The van der Waals surface area contributed by atoms with Gasteiger partial charge in [0.2, 0.25) is 0 Å². The topological polar surface area (TPSA) is 43.4 Å². The van der Waals surface area contributed by atoms with Gasteiger partial charge in [0.25, 0.3) is 0 Å². The van der Waals surface area contributed by atoms with Gasteiger partial charge in [-0.3, -0.25) is 9.59 Å². The molecule has 11 heavy (non-hydrogen) atoms. The van der Waals surface area contributed by atoms with Crippen molar-refractivity contribution in [2.45, 2.75) is 40.5 Å². The van der Waals surface area contributed by atoms with Crippen molar-refractivity contribution in [2.75, 3.05) is 0 Å². The Hall–Kier alpha value is -0.860. The lowest BCUT2D eigenvalue weighted by atomic mass is 10.4. The zero-order valence-corrected chi connectivity index (χ0v) is 7.64. The molecule has 66 valence electrons. The van der Waals surface area contributed by atoms with E-state index in [1.54, 1.807) is 0 Å². The van der Waals surface area contributed by atoms with E-state index >= 15 is 0 Å². The number of rotatable bonds is 1. The number of hydrogen-bond donors (Lipinski definition) is 0. The molecule has 0 heterocycles. The van der Waals surface area contributed by atoms with Crippen molar-refractivity contribution >= 4 is 11.9 Å². The Labute approximate surface area is 67.7 Å². The van der Waals surface area contributed by atoms with Gasteiger partial charge in [0.1, 0.15) is 0 Å². The first kappa shape index (κ1) is 12.8. The summed E-state index contributed by atoms with van der Waals surface area (Å²) in [6, 6.07) is 0. The van der Waals surface area contributed by atoms with E-state index in [0.29, 0.717) is 0 Å². The molecule has 0 aliphatic heterocycles. The third kappa shape index (κ3) is 27.2. The van der Waals surface area contributed by atoms with Crippen molar-refractivity contribution in [3.8, 4) is 0 Å². The minimum atomic E-state index is -0.562. The average molecular weight is 160 g/mol. The lowest BCUT2D eigenvalue weighted by Gasteiger charge is -1.87. The van der Waals surface area contributed by atoms with Gasteiger partial charge in [-0.25, -0.2) is 0 Å². The highest BCUT2D eigenvalue weighted by atomic mass is 16.6. The van der Waals surface area contributed by atoms with E-state index in [-0.39, 0.29) is 0 Å². The van der Waals surface area contributed by atoms with Crippen molar-refractivity contribution in [1.82, 2.24) is 0 Å². The molecule has 3 nitrogen and oxygen atoms in total. The zero-order chi connectivity index (χ0) is 9.28. The number of esters is 2. The summed E-state index contributed by atoms with van der Waals surface area (Å²) in [5, 5.41) is 0. The summed E-state index contributed by atoms with van der Waals surface area (Å²) in [6.45, 7) is 6.72. The highest BCUT2D eigenvalue weighted by molar-refractivity contribution is 5.82. The van der Waals surface area contributed by atoms with Gasteiger partial charge in [0.15, 0.2) is 0 Å². The minimum Gasteiger partial charge on any atom is -0.394 e. The Morgan fingerprint density at radius 1 is 1.00 bits per heavy atom. The lowest BCUT2D eigenvalue weighted by molar-refractivity contribution is -0.156. The average Bonchev–Trinajstić information content (AvgIpc) is 1.85. The molecule has 0 aromatic heterocycles. The van der Waals surface area contributed by atoms with Crippen LogP contribution >= 0.6 is 0 Å². The molecule has 0 fully saturated rings. The minimum absolute atomic E-state index is 0.562. The van der Waals surface area contributed by atoms with Crippen LogP contribution in [0.1, 0.15) is 40.5 Å². The number of unbranched alkanes of at least 4 members (excludes halogenated alkanes) is 1. The SMILES string of the molecule is CC(=O)OC(C)=O.CCCC. The first-order valence-corrected chi connectivity index (χ1v) is 3.73. The molecule has 0 saturated heterocycles. The summed E-state index contributed by atoms with van der Waals surface area (Å²) in [7, 11) is 0. The molecular formula is C8H16O3. The van der Waals surface area contributed by atoms with E-state index in [0.717, 1.165) is 0 Å². The van der Waals surface area contributed by atoms with Gasteiger partial charge in [-0.05, 0) is 0 Å². The van der Waals surface area contributed by atoms with Crippen molar-refractivity contribution in [3.63, 3.8) is 0 Å². The fourth-order valence-corrected chi connectivity index (χ4v) is 0.202. The van der Waals surface area contributed by atoms with Crippen LogP contribution in [0.3, 0.4) is 0 Å². The standard InChI is InChI=1S/C4H6O3.C4H10/c1-3(5)7-4(2)6;1-3-4-2/h1-2H3;3-4H2,1-2H3. The van der Waals surface area contributed by atoms with E-state index in [9.17, 15) is 9.59 Å². The lowest BCUT2D eigenvalue weighted by Crippen LogP contribution is -2.03. The smallest absolute Gasteiger partial charge is 0.310 e. The van der Waals surface area contributed by atoms with Crippen molar-refractivity contribution in [1.29, 1.82) is 0 Å². The summed E-state index contributed by atoms with van der Waals surface area (Å²) < 4.78 is 3.97. The van der Waals surface area contributed by atoms with Gasteiger partial charge >= 0.3 is 11.9 Å². The van der Waals surface area contributed by atoms with E-state index in [2.05, 4.69) is 18.6 Å². The maximum Gasteiger partial charge on any atom is 0.310 e. The predicted molar refractivity (Wildman–Crippen MR) is 43.0 cm³/mol. The zero-order valence-electron chi connectivity index (χ0n) is 7.64. The number of carbonyl (C=O) groups excluding carboxylic acids is 2. The Morgan fingerprint density at radius 2 is 1.27 bits per heavy atom. The Bertz CT molecular complexity index is 105. The number of ether oxygens (including phenoxy) is 1. The van der Waals surface area contributed by atoms with Crippen LogP contribution < -0.4 is 0 Å². The van der Waals surface area contributed by atoms with Gasteiger partial charge in [-0.15, -0.1) is 0 Å². The van der Waals surface area contributed by atoms with Crippen LogP contribution in [-0.2, 0) is 14.3 Å². The van der Waals surface area contributed by atoms with Crippen molar-refractivity contribution < 1.29 is 14.3 Å². The van der Waals surface area contributed by atoms with E-state index in [1.165, 1.54) is 26.7 Å². The summed E-state index contributed by atoms with van der Waals surface area (Å²) in [6.07, 6.45) is 2.64. The molecule has 0 unspecified atom stereocenters. The molecule has 0 bridgehead atoms. The Kier molecular flexibility index (Phi) is 10.6. The molecular weight excluding hydrogens is 144 g/mol. The number of carbonyl (C=O) groups is 2. The fraction of sp³-hybridized carbons (Fsp3) is 0.750. The van der Waals surface area contributed by atoms with Crippen molar-refractivity contribution in [3.05, 3.63) is 0 Å². The highest BCUT2D eigenvalue weighted by Gasteiger charge is 1.93. The summed E-state index contributed by atoms with van der Waals surface area (Å²) in [4.78, 5) is 19.6. The normalized spacial score (nSPS) is 7.64. The molecule has 0 radical (unpaired) electrons. The molecule has 0 amide bonds. The van der Waals surface area contributed by atoms with Crippen LogP contribution in [-0.4, -0.2) is 11.9 Å². The van der Waals surface area contributed by atoms with Gasteiger partial charge in [0, 0.05) is 13.8 Å². The molecule has 0 rings (SSSR count). The van der Waals surface area contributed by atoms with Gasteiger partial charge in [0.05, 0.1) is 0 Å². The molecule has 0 aliphatic rings. The van der Waals surface area contributed by atoms with Gasteiger partial charge < -0.3 is 4.74 Å². The first-order chi connectivity index (χ1) is 5.04. The maximum atomic E-state index is 9.81. The quantitative estimate of drug-likeness (QED) is 0.434. The second-order valence-electron chi connectivity index (χ2n) is 2.09.